The van der Waals surface area contributed by atoms with E-state index in [1.54, 1.807) is 6.92 Å². The highest BCUT2D eigenvalue weighted by atomic mass is 17.1. The molecular formula is C15H16O2. The molecule has 0 bridgehead atoms. The van der Waals surface area contributed by atoms with Crippen LogP contribution < -0.4 is 0 Å². The first-order chi connectivity index (χ1) is 8.36. The lowest BCUT2D eigenvalue weighted by Crippen LogP contribution is -1.77. The van der Waals surface area contributed by atoms with E-state index in [1.165, 1.54) is 22.3 Å². The van der Waals surface area contributed by atoms with Gasteiger partial charge in [-0.1, -0.05) is 48.5 Å². The zero-order valence-electron chi connectivity index (χ0n) is 9.89. The van der Waals surface area contributed by atoms with Crippen LogP contribution in [0.15, 0.2) is 48.5 Å². The molecule has 0 saturated heterocycles. The molecule has 0 fully saturated rings. The summed E-state index contributed by atoms with van der Waals surface area (Å²) in [6.45, 7) is 2.08. The largest absolute Gasteiger partial charge is 0.252 e. The summed E-state index contributed by atoms with van der Waals surface area (Å²) in [4.78, 5) is 3.54. The van der Waals surface area contributed by atoms with E-state index in [0.717, 1.165) is 6.42 Å². The molecule has 0 amide bonds. The van der Waals surface area contributed by atoms with Gasteiger partial charge in [-0.25, -0.2) is 4.89 Å². The average molecular weight is 228 g/mol. The molecule has 2 heteroatoms. The first kappa shape index (κ1) is 11.8. The molecule has 0 spiro atoms. The number of hydrogen-bond donors (Lipinski definition) is 1. The molecule has 2 aromatic carbocycles. The first-order valence-electron chi connectivity index (χ1n) is 5.79. The van der Waals surface area contributed by atoms with Gasteiger partial charge in [-0.3, -0.25) is 5.26 Å². The van der Waals surface area contributed by atoms with E-state index in [1.807, 2.05) is 0 Å². The average Bonchev–Trinajstić information content (AvgIpc) is 2.77. The van der Waals surface area contributed by atoms with Crippen molar-refractivity contribution in [3.8, 4) is 11.1 Å². The van der Waals surface area contributed by atoms with Crippen molar-refractivity contribution < 1.29 is 10.1 Å². The fourth-order valence-electron chi connectivity index (χ4n) is 2.08. The predicted molar refractivity (Wildman–Crippen MR) is 68.9 cm³/mol. The number of benzene rings is 2. The van der Waals surface area contributed by atoms with E-state index in [2.05, 4.69) is 53.4 Å². The fraction of sp³-hybridized carbons (Fsp3) is 0.200. The Morgan fingerprint density at radius 1 is 0.941 bits per heavy atom. The van der Waals surface area contributed by atoms with Gasteiger partial charge in [-0.15, -0.1) is 0 Å². The molecule has 1 N–H and O–H groups in total. The van der Waals surface area contributed by atoms with Crippen LogP contribution >= 0.6 is 0 Å². The van der Waals surface area contributed by atoms with Gasteiger partial charge < -0.3 is 0 Å². The molecule has 0 heterocycles. The van der Waals surface area contributed by atoms with E-state index in [9.17, 15) is 0 Å². The zero-order chi connectivity index (χ0) is 12.1. The van der Waals surface area contributed by atoms with Crippen LogP contribution in [0.3, 0.4) is 0 Å². The highest BCUT2D eigenvalue weighted by Crippen LogP contribution is 2.35. The van der Waals surface area contributed by atoms with Crippen LogP contribution in [-0.2, 0) is 11.3 Å². The fourth-order valence-corrected chi connectivity index (χ4v) is 2.08. The molecule has 0 saturated carbocycles. The summed E-state index contributed by atoms with van der Waals surface area (Å²) in [7, 11) is 0. The van der Waals surface area contributed by atoms with Crippen LogP contribution in [0.25, 0.3) is 11.1 Å². The molecule has 0 aromatic heterocycles. The van der Waals surface area contributed by atoms with Crippen molar-refractivity contribution >= 4 is 0 Å². The molecule has 2 aromatic rings. The molecule has 0 radical (unpaired) electrons. The lowest BCUT2D eigenvalue weighted by atomic mass is 10.1. The summed E-state index contributed by atoms with van der Waals surface area (Å²) in [6, 6.07) is 17.3. The highest BCUT2D eigenvalue weighted by molar-refractivity contribution is 5.76. The van der Waals surface area contributed by atoms with Crippen molar-refractivity contribution in [3.05, 3.63) is 59.7 Å². The molecule has 88 valence electrons. The second-order valence-corrected chi connectivity index (χ2v) is 3.91. The first-order valence-corrected chi connectivity index (χ1v) is 5.79. The Hall–Kier alpha value is -1.64. The Morgan fingerprint density at radius 2 is 1.35 bits per heavy atom. The quantitative estimate of drug-likeness (QED) is 0.507. The summed E-state index contributed by atoms with van der Waals surface area (Å²) < 4.78 is 0. The van der Waals surface area contributed by atoms with E-state index in [4.69, 9.17) is 5.26 Å². The van der Waals surface area contributed by atoms with Gasteiger partial charge in [0.2, 0.25) is 0 Å². The van der Waals surface area contributed by atoms with Gasteiger partial charge >= 0.3 is 0 Å². The smallest absolute Gasteiger partial charge is 0.0791 e. The van der Waals surface area contributed by atoms with Gasteiger partial charge in [0.1, 0.15) is 0 Å². The highest BCUT2D eigenvalue weighted by Gasteiger charge is 2.15. The van der Waals surface area contributed by atoms with Crippen LogP contribution in [0.5, 0.6) is 0 Å². The van der Waals surface area contributed by atoms with Crippen molar-refractivity contribution in [1.29, 1.82) is 0 Å². The zero-order valence-corrected chi connectivity index (χ0v) is 9.89. The van der Waals surface area contributed by atoms with Crippen LogP contribution in [0.1, 0.15) is 18.1 Å². The van der Waals surface area contributed by atoms with Gasteiger partial charge in [0.05, 0.1) is 6.61 Å². The SMILES string of the molecule is CCOO.c1ccc2c(c1)Cc1ccccc1-2. The van der Waals surface area contributed by atoms with Crippen molar-refractivity contribution in [2.75, 3.05) is 6.61 Å². The lowest BCUT2D eigenvalue weighted by Gasteiger charge is -1.98. The van der Waals surface area contributed by atoms with Crippen molar-refractivity contribution in [1.82, 2.24) is 0 Å². The van der Waals surface area contributed by atoms with Gasteiger partial charge in [0, 0.05) is 0 Å². The Balaban J connectivity index is 0.000000239. The summed E-state index contributed by atoms with van der Waals surface area (Å²) in [5, 5.41) is 7.38. The Bertz CT molecular complexity index is 446. The third-order valence-electron chi connectivity index (χ3n) is 2.83. The molecule has 2 nitrogen and oxygen atoms in total. The third kappa shape index (κ3) is 2.54. The molecule has 0 aliphatic heterocycles. The van der Waals surface area contributed by atoms with Crippen LogP contribution in [0.2, 0.25) is 0 Å². The summed E-state index contributed by atoms with van der Waals surface area (Å²) in [5.41, 5.74) is 5.75. The third-order valence-corrected chi connectivity index (χ3v) is 2.83. The molecular weight excluding hydrogens is 212 g/mol. The second-order valence-electron chi connectivity index (χ2n) is 3.91. The minimum Gasteiger partial charge on any atom is -0.252 e. The van der Waals surface area contributed by atoms with Gasteiger partial charge in [-0.05, 0) is 35.6 Å². The Kier molecular flexibility index (Phi) is 3.91. The summed E-state index contributed by atoms with van der Waals surface area (Å²) in [6.07, 6.45) is 1.10. The van der Waals surface area contributed by atoms with E-state index < -0.39 is 0 Å². The predicted octanol–water partition coefficient (Wildman–Crippen LogP) is 3.75. The minimum atomic E-state index is 0.375. The van der Waals surface area contributed by atoms with E-state index in [0.29, 0.717) is 6.61 Å². The normalized spacial score (nSPS) is 11.2. The maximum atomic E-state index is 7.38. The number of rotatable bonds is 1. The summed E-state index contributed by atoms with van der Waals surface area (Å²) >= 11 is 0. The Labute approximate surface area is 101 Å². The minimum absolute atomic E-state index is 0.375. The van der Waals surface area contributed by atoms with Crippen LogP contribution in [0, 0.1) is 0 Å². The molecule has 1 aliphatic rings. The van der Waals surface area contributed by atoms with Crippen molar-refractivity contribution in [2.45, 2.75) is 13.3 Å². The van der Waals surface area contributed by atoms with Crippen molar-refractivity contribution in [2.24, 2.45) is 0 Å². The summed E-state index contributed by atoms with van der Waals surface area (Å²) in [5.74, 6) is 0. The number of fused-ring (bicyclic) bond motifs is 3. The molecule has 0 unspecified atom stereocenters. The van der Waals surface area contributed by atoms with Crippen molar-refractivity contribution in [3.63, 3.8) is 0 Å². The molecule has 17 heavy (non-hydrogen) atoms. The standard InChI is InChI=1S/C13H10.C2H6O2/c1-3-7-12-10(5-1)9-11-6-2-4-8-13(11)12;1-2-4-3/h1-8H,9H2;3H,2H2,1H3. The molecule has 0 atom stereocenters. The molecule has 3 rings (SSSR count). The monoisotopic (exact) mass is 228 g/mol. The van der Waals surface area contributed by atoms with E-state index in [-0.39, 0.29) is 0 Å². The lowest BCUT2D eigenvalue weighted by molar-refractivity contribution is -0.237. The van der Waals surface area contributed by atoms with E-state index >= 15 is 0 Å². The Morgan fingerprint density at radius 3 is 1.76 bits per heavy atom. The van der Waals surface area contributed by atoms with Gasteiger partial charge in [-0.2, -0.15) is 0 Å². The van der Waals surface area contributed by atoms with Gasteiger partial charge in [0.25, 0.3) is 0 Å². The van der Waals surface area contributed by atoms with Crippen LogP contribution in [-0.4, -0.2) is 11.9 Å². The number of hydrogen-bond acceptors (Lipinski definition) is 2. The maximum absolute atomic E-state index is 7.38. The second kappa shape index (κ2) is 5.62. The topological polar surface area (TPSA) is 29.5 Å². The maximum Gasteiger partial charge on any atom is 0.0791 e. The molecule has 1 aliphatic carbocycles. The van der Waals surface area contributed by atoms with Gasteiger partial charge in [0.15, 0.2) is 0 Å². The van der Waals surface area contributed by atoms with Crippen LogP contribution in [0.4, 0.5) is 0 Å².